The number of aliphatic hydroxyl groups is 2. The lowest BCUT2D eigenvalue weighted by molar-refractivity contribution is -0.686. The molecule has 0 amide bonds. The molecule has 9 rings (SSSR count). The maximum atomic E-state index is 13.0. The molecule has 0 radical (unpaired) electrons. The fourth-order valence-electron chi connectivity index (χ4n) is 12.9. The van der Waals surface area contributed by atoms with Crippen LogP contribution in [0.4, 0.5) is 0 Å². The van der Waals surface area contributed by atoms with Gasteiger partial charge < -0.3 is 33.9 Å². The van der Waals surface area contributed by atoms with Crippen LogP contribution in [0.3, 0.4) is 0 Å². The third kappa shape index (κ3) is 6.36. The number of hydrogen-bond acceptors (Lipinski definition) is 8. The molecule has 55 heavy (non-hydrogen) atoms. The van der Waals surface area contributed by atoms with Crippen LogP contribution in [-0.2, 0) is 22.5 Å². The third-order valence-electron chi connectivity index (χ3n) is 15.8. The molecular weight excluding hydrogens is 695 g/mol. The summed E-state index contributed by atoms with van der Waals surface area (Å²) in [6.07, 6.45) is 12.9. The average Bonchev–Trinajstić information content (AvgIpc) is 3.79. The van der Waals surface area contributed by atoms with Gasteiger partial charge in [0.15, 0.2) is 35.7 Å². The quantitative estimate of drug-likeness (QED) is 0.123. The minimum absolute atomic E-state index is 0.134. The van der Waals surface area contributed by atoms with E-state index >= 15 is 0 Å². The van der Waals surface area contributed by atoms with Crippen LogP contribution in [0.25, 0.3) is 22.0 Å². The number of carbonyl (C=O) groups is 1. The Hall–Kier alpha value is -3.56. The number of methoxy groups -OCH3 is 1. The van der Waals surface area contributed by atoms with E-state index in [0.29, 0.717) is 73.1 Å². The van der Waals surface area contributed by atoms with Crippen LogP contribution in [0.15, 0.2) is 36.5 Å². The van der Waals surface area contributed by atoms with E-state index in [9.17, 15) is 15.0 Å². The third-order valence-corrected chi connectivity index (χ3v) is 15.8. The van der Waals surface area contributed by atoms with E-state index in [0.717, 1.165) is 78.6 Å². The molecule has 2 N–H and O–H groups in total. The molecule has 4 saturated carbocycles. The Bertz CT molecular complexity index is 1950. The minimum atomic E-state index is -0.261. The van der Waals surface area contributed by atoms with Crippen molar-refractivity contribution in [1.29, 1.82) is 0 Å². The van der Waals surface area contributed by atoms with Crippen molar-refractivity contribution in [2.45, 2.75) is 117 Å². The fraction of sp³-hybridized carbons (Fsp3) is 0.652. The first-order chi connectivity index (χ1) is 26.6. The van der Waals surface area contributed by atoms with E-state index in [2.05, 4.69) is 55.8 Å². The van der Waals surface area contributed by atoms with Gasteiger partial charge >= 0.3 is 5.97 Å². The van der Waals surface area contributed by atoms with Crippen LogP contribution in [0, 0.1) is 46.3 Å². The Balaban J connectivity index is 0.779. The molecule has 296 valence electrons. The van der Waals surface area contributed by atoms with Gasteiger partial charge in [0.05, 0.1) is 43.5 Å². The van der Waals surface area contributed by atoms with Gasteiger partial charge in [0, 0.05) is 25.3 Å². The topological polar surface area (TPSA) is 108 Å². The number of rotatable bonds is 10. The van der Waals surface area contributed by atoms with E-state index < -0.39 is 0 Å². The van der Waals surface area contributed by atoms with Crippen LogP contribution in [0.5, 0.6) is 23.0 Å². The smallest absolute Gasteiger partial charge is 0.305 e. The number of esters is 1. The van der Waals surface area contributed by atoms with Gasteiger partial charge in [-0.05, 0) is 139 Å². The molecule has 1 aromatic heterocycles. The molecule has 5 unspecified atom stereocenters. The molecule has 9 heteroatoms. The molecule has 6 aliphatic rings. The van der Waals surface area contributed by atoms with E-state index in [-0.39, 0.29) is 35.8 Å². The maximum absolute atomic E-state index is 13.0. The summed E-state index contributed by atoms with van der Waals surface area (Å²) >= 11 is 0. The Morgan fingerprint density at radius 1 is 0.982 bits per heavy atom. The van der Waals surface area contributed by atoms with Gasteiger partial charge in [-0.15, -0.1) is 0 Å². The van der Waals surface area contributed by atoms with E-state index in [1.54, 1.807) is 7.11 Å². The minimum Gasteiger partial charge on any atom is -0.493 e. The molecule has 0 spiro atoms. The average molecular weight is 755 g/mol. The number of aliphatic hydroxyl groups excluding tert-OH is 2. The summed E-state index contributed by atoms with van der Waals surface area (Å²) in [5.41, 5.74) is 4.00. The van der Waals surface area contributed by atoms with Gasteiger partial charge in [0.25, 0.3) is 0 Å². The number of carbonyl (C=O) groups excluding carboxylic acids is 1. The lowest BCUT2D eigenvalue weighted by Crippen LogP contribution is -2.58. The second-order valence-electron chi connectivity index (χ2n) is 18.5. The van der Waals surface area contributed by atoms with E-state index in [1.807, 2.05) is 6.07 Å². The normalized spacial score (nSPS) is 33.5. The van der Waals surface area contributed by atoms with Gasteiger partial charge in [0.2, 0.25) is 12.5 Å². The highest BCUT2D eigenvalue weighted by Gasteiger charge is 2.62. The summed E-state index contributed by atoms with van der Waals surface area (Å²) in [5.74, 6) is 5.73. The number of aromatic nitrogens is 1. The molecule has 3 aromatic rings. The summed E-state index contributed by atoms with van der Waals surface area (Å²) in [6.45, 7) is 9.15. The van der Waals surface area contributed by atoms with Gasteiger partial charge in [-0.25, -0.2) is 0 Å². The maximum Gasteiger partial charge on any atom is 0.305 e. The number of benzene rings is 2. The zero-order valence-corrected chi connectivity index (χ0v) is 33.2. The van der Waals surface area contributed by atoms with Crippen molar-refractivity contribution in [3.63, 3.8) is 0 Å². The van der Waals surface area contributed by atoms with Crippen LogP contribution >= 0.6 is 0 Å². The number of aryl methyl sites for hydroxylation is 2. The van der Waals surface area contributed by atoms with Crippen molar-refractivity contribution >= 4 is 16.7 Å². The number of ether oxygens (including phenoxy) is 5. The number of fused-ring (bicyclic) bond motifs is 10. The Kier molecular flexibility index (Phi) is 9.72. The van der Waals surface area contributed by atoms with Gasteiger partial charge in [-0.1, -0.05) is 20.8 Å². The van der Waals surface area contributed by atoms with Crippen molar-refractivity contribution in [1.82, 2.24) is 0 Å². The predicted molar refractivity (Wildman–Crippen MR) is 208 cm³/mol. The first kappa shape index (κ1) is 37.0. The highest BCUT2D eigenvalue weighted by molar-refractivity contribution is 5.91. The molecule has 4 fully saturated rings. The van der Waals surface area contributed by atoms with Crippen molar-refractivity contribution < 1.29 is 43.3 Å². The van der Waals surface area contributed by atoms with Crippen LogP contribution in [0.2, 0.25) is 0 Å². The molecule has 0 bridgehead atoms. The molecule has 9 nitrogen and oxygen atoms in total. The summed E-state index contributed by atoms with van der Waals surface area (Å²) in [6, 6.07) is 10.4. The van der Waals surface area contributed by atoms with Crippen molar-refractivity contribution in [3.05, 3.63) is 42.1 Å². The highest BCUT2D eigenvalue weighted by Crippen LogP contribution is 2.68. The molecule has 2 aromatic carbocycles. The Morgan fingerprint density at radius 3 is 2.62 bits per heavy atom. The first-order valence-corrected chi connectivity index (χ1v) is 21.2. The Morgan fingerprint density at radius 2 is 1.78 bits per heavy atom. The highest BCUT2D eigenvalue weighted by atomic mass is 16.7. The molecule has 4 aliphatic carbocycles. The zero-order valence-electron chi connectivity index (χ0n) is 33.2. The number of nitrogens with zero attached hydrogens (tertiary/aromatic N) is 1. The second-order valence-corrected chi connectivity index (χ2v) is 18.5. The van der Waals surface area contributed by atoms with Crippen molar-refractivity contribution in [2.24, 2.45) is 46.3 Å². The Labute approximate surface area is 325 Å². The summed E-state index contributed by atoms with van der Waals surface area (Å²) in [4.78, 5) is 13.0. The van der Waals surface area contributed by atoms with Gasteiger partial charge in [-0.2, -0.15) is 4.57 Å². The lowest BCUT2D eigenvalue weighted by Gasteiger charge is -2.62. The second kappa shape index (κ2) is 14.4. The summed E-state index contributed by atoms with van der Waals surface area (Å²) in [5, 5.41) is 24.1. The van der Waals surface area contributed by atoms with E-state index in [1.165, 1.54) is 31.2 Å². The molecule has 3 heterocycles. The zero-order chi connectivity index (χ0) is 38.1. The fourth-order valence-corrected chi connectivity index (χ4v) is 12.9. The molecule has 2 aliphatic heterocycles. The summed E-state index contributed by atoms with van der Waals surface area (Å²) in [7, 11) is 1.66. The lowest BCUT2D eigenvalue weighted by atomic mass is 9.43. The molecule has 10 atom stereocenters. The van der Waals surface area contributed by atoms with Crippen LogP contribution in [0.1, 0.15) is 97.0 Å². The standard InChI is InChI=1S/C46H60NO8/c1-27(34-8-9-35-43-36(13-16-46(34,35)3)45(2)15-12-31(48)22-30(45)23-38(43)49)6-11-42(50)52-18-5-19-53-44-33-25-47-17-14-29-21-40-41(55-26-54-40)24-32(29)37(47)20-28(33)7-10-39(44)51-4/h7,10,20-21,24-25,27,30-31,34-36,38,43,48-49H,5-6,8-9,11-19,22-23,26H2,1-4H3/q+1/t27-,30?,31-,34?,35?,36?,38-,43?,45+,46-/m1/s1. The predicted octanol–water partition coefficient (Wildman–Crippen LogP) is 7.81. The van der Waals surface area contributed by atoms with Crippen LogP contribution < -0.4 is 23.5 Å². The first-order valence-electron chi connectivity index (χ1n) is 21.2. The van der Waals surface area contributed by atoms with Crippen molar-refractivity contribution in [2.75, 3.05) is 27.1 Å². The molecule has 0 saturated heterocycles. The monoisotopic (exact) mass is 754 g/mol. The number of hydrogen-bond donors (Lipinski definition) is 2. The van der Waals surface area contributed by atoms with E-state index in [4.69, 9.17) is 23.7 Å². The largest absolute Gasteiger partial charge is 0.493 e. The number of pyridine rings is 1. The molecular formula is C46H60NO8+. The SMILES string of the molecule is COc1ccc2cc3[n+](cc2c1OCCCOC(=O)CC[C@@H](C)C1CCC2C4C(CC[C@@]21C)[C@@]1(C)CC[C@@H](O)CC1C[C@H]4O)CCc1cc2c(cc1-3)OCO2. The van der Waals surface area contributed by atoms with Gasteiger partial charge in [0.1, 0.15) is 0 Å². The summed E-state index contributed by atoms with van der Waals surface area (Å²) < 4.78 is 31.4. The van der Waals surface area contributed by atoms with Crippen LogP contribution in [-0.4, -0.2) is 55.5 Å². The van der Waals surface area contributed by atoms with Crippen molar-refractivity contribution in [3.8, 4) is 34.3 Å². The van der Waals surface area contributed by atoms with Gasteiger partial charge in [-0.3, -0.25) is 4.79 Å².